The van der Waals surface area contributed by atoms with Gasteiger partial charge in [0.1, 0.15) is 0 Å². The summed E-state index contributed by atoms with van der Waals surface area (Å²) in [7, 11) is 1.62. The molecule has 2 heterocycles. The van der Waals surface area contributed by atoms with Crippen LogP contribution in [0.25, 0.3) is 10.9 Å². The minimum absolute atomic E-state index is 0.133. The number of rotatable bonds is 4. The average Bonchev–Trinajstić information content (AvgIpc) is 2.96. The Morgan fingerprint density at radius 1 is 1.40 bits per heavy atom. The Balaban J connectivity index is 2.30. The third-order valence-corrected chi connectivity index (χ3v) is 4.69. The Labute approximate surface area is 146 Å². The number of aromatic amines is 1. The summed E-state index contributed by atoms with van der Waals surface area (Å²) in [5.74, 6) is -1.63. The second-order valence-corrected chi connectivity index (χ2v) is 6.43. The van der Waals surface area contributed by atoms with Gasteiger partial charge < -0.3 is 19.8 Å². The molecule has 3 rings (SSSR count). The molecule has 1 unspecified atom stereocenters. The predicted octanol–water partition coefficient (Wildman–Crippen LogP) is 2.92. The van der Waals surface area contributed by atoms with E-state index in [4.69, 9.17) is 9.47 Å². The van der Waals surface area contributed by atoms with Crippen LogP contribution in [-0.2, 0) is 26.5 Å². The van der Waals surface area contributed by atoms with E-state index in [9.17, 15) is 9.59 Å². The minimum atomic E-state index is -1.11. The van der Waals surface area contributed by atoms with Crippen molar-refractivity contribution in [3.8, 4) is 0 Å². The van der Waals surface area contributed by atoms with E-state index in [1.54, 1.807) is 7.05 Å². The van der Waals surface area contributed by atoms with Crippen molar-refractivity contribution in [2.24, 2.45) is 0 Å². The first kappa shape index (κ1) is 17.5. The number of hydrogen-bond acceptors (Lipinski definition) is 4. The van der Waals surface area contributed by atoms with Crippen molar-refractivity contribution in [2.45, 2.75) is 45.8 Å². The van der Waals surface area contributed by atoms with Crippen molar-refractivity contribution in [3.05, 3.63) is 34.5 Å². The lowest BCUT2D eigenvalue weighted by Gasteiger charge is -2.36. The molecule has 25 heavy (non-hydrogen) atoms. The van der Waals surface area contributed by atoms with Crippen LogP contribution in [-0.4, -0.2) is 30.5 Å². The Morgan fingerprint density at radius 3 is 2.80 bits per heavy atom. The van der Waals surface area contributed by atoms with Crippen LogP contribution in [0.1, 0.15) is 53.9 Å². The van der Waals surface area contributed by atoms with Crippen molar-refractivity contribution < 1.29 is 19.1 Å². The molecule has 0 spiro atoms. The number of aromatic nitrogens is 1. The Hall–Kier alpha value is -2.34. The molecule has 1 aliphatic heterocycles. The summed E-state index contributed by atoms with van der Waals surface area (Å²) in [6.07, 6.45) is 2.01. The van der Waals surface area contributed by atoms with Crippen molar-refractivity contribution in [1.29, 1.82) is 0 Å². The highest BCUT2D eigenvalue weighted by atomic mass is 16.7. The van der Waals surface area contributed by atoms with Gasteiger partial charge in [0, 0.05) is 36.9 Å². The standard InChI is InChI=1S/C19H24N2O4/c1-5-9-19(25-12(3)22)17-13(8-10-24-19)15-14(18(23)20-4)7-6-11(2)16(15)21-17/h6-7,21H,5,8-10H2,1-4H3,(H,20,23). The Bertz CT molecular complexity index is 840. The van der Waals surface area contributed by atoms with Gasteiger partial charge in [-0.25, -0.2) is 0 Å². The number of aryl methyl sites for hydroxylation is 1. The molecule has 0 saturated heterocycles. The number of H-pyrrole nitrogens is 1. The number of ether oxygens (including phenoxy) is 2. The largest absolute Gasteiger partial charge is 0.427 e. The lowest BCUT2D eigenvalue weighted by Crippen LogP contribution is -2.39. The number of nitrogens with one attached hydrogen (secondary N) is 2. The van der Waals surface area contributed by atoms with Gasteiger partial charge in [0.15, 0.2) is 0 Å². The molecule has 134 valence electrons. The van der Waals surface area contributed by atoms with Crippen LogP contribution in [0.5, 0.6) is 0 Å². The highest BCUT2D eigenvalue weighted by Crippen LogP contribution is 2.42. The third kappa shape index (κ3) is 2.80. The lowest BCUT2D eigenvalue weighted by atomic mass is 9.94. The molecule has 0 bridgehead atoms. The molecule has 0 aliphatic carbocycles. The van der Waals surface area contributed by atoms with Gasteiger partial charge in [-0.2, -0.15) is 0 Å². The molecule has 2 aromatic rings. The van der Waals surface area contributed by atoms with E-state index in [0.717, 1.165) is 34.1 Å². The molecule has 0 radical (unpaired) electrons. The molecular weight excluding hydrogens is 320 g/mol. The van der Waals surface area contributed by atoms with E-state index >= 15 is 0 Å². The van der Waals surface area contributed by atoms with Crippen LogP contribution in [0, 0.1) is 6.92 Å². The maximum atomic E-state index is 12.3. The fourth-order valence-corrected chi connectivity index (χ4v) is 3.69. The normalized spacial score (nSPS) is 19.5. The molecule has 1 aromatic heterocycles. The Kier molecular flexibility index (Phi) is 4.56. The number of amides is 1. The Morgan fingerprint density at radius 2 is 2.16 bits per heavy atom. The number of carbonyl (C=O) groups excluding carboxylic acids is 2. The van der Waals surface area contributed by atoms with Crippen LogP contribution in [0.15, 0.2) is 12.1 Å². The summed E-state index contributed by atoms with van der Waals surface area (Å²) in [5, 5.41) is 3.59. The SMILES string of the molecule is CCCC1(OC(C)=O)OCCc2c1[nH]c1c(C)ccc(C(=O)NC)c21. The molecule has 1 atom stereocenters. The monoisotopic (exact) mass is 344 g/mol. The van der Waals surface area contributed by atoms with Crippen molar-refractivity contribution in [2.75, 3.05) is 13.7 Å². The fraction of sp³-hybridized carbons (Fsp3) is 0.474. The highest BCUT2D eigenvalue weighted by molar-refractivity contribution is 6.08. The third-order valence-electron chi connectivity index (χ3n) is 4.69. The van der Waals surface area contributed by atoms with E-state index in [1.165, 1.54) is 6.92 Å². The van der Waals surface area contributed by atoms with Gasteiger partial charge in [-0.15, -0.1) is 0 Å². The number of benzene rings is 1. The van der Waals surface area contributed by atoms with E-state index < -0.39 is 5.79 Å². The second-order valence-electron chi connectivity index (χ2n) is 6.43. The second kappa shape index (κ2) is 6.52. The van der Waals surface area contributed by atoms with E-state index in [2.05, 4.69) is 10.3 Å². The molecule has 1 aliphatic rings. The lowest BCUT2D eigenvalue weighted by molar-refractivity contribution is -0.247. The van der Waals surface area contributed by atoms with Gasteiger partial charge >= 0.3 is 5.97 Å². The molecule has 0 saturated carbocycles. The number of hydrogen-bond donors (Lipinski definition) is 2. The van der Waals surface area contributed by atoms with Crippen LogP contribution in [0.2, 0.25) is 0 Å². The van der Waals surface area contributed by atoms with Gasteiger partial charge in [-0.1, -0.05) is 13.0 Å². The smallest absolute Gasteiger partial charge is 0.305 e. The van der Waals surface area contributed by atoms with Crippen LogP contribution >= 0.6 is 0 Å². The first-order chi connectivity index (χ1) is 11.9. The first-order valence-corrected chi connectivity index (χ1v) is 8.63. The molecule has 6 nitrogen and oxygen atoms in total. The summed E-state index contributed by atoms with van der Waals surface area (Å²) in [6.45, 7) is 5.84. The number of esters is 1. The summed E-state index contributed by atoms with van der Waals surface area (Å²) in [4.78, 5) is 27.5. The van der Waals surface area contributed by atoms with E-state index in [0.29, 0.717) is 25.0 Å². The summed E-state index contributed by atoms with van der Waals surface area (Å²) >= 11 is 0. The van der Waals surface area contributed by atoms with Crippen LogP contribution in [0.4, 0.5) is 0 Å². The van der Waals surface area contributed by atoms with Crippen molar-refractivity contribution in [3.63, 3.8) is 0 Å². The van der Waals surface area contributed by atoms with Crippen molar-refractivity contribution in [1.82, 2.24) is 10.3 Å². The summed E-state index contributed by atoms with van der Waals surface area (Å²) in [6, 6.07) is 3.76. The number of carbonyl (C=O) groups is 2. The maximum absolute atomic E-state index is 12.3. The van der Waals surface area contributed by atoms with Gasteiger partial charge in [0.05, 0.1) is 12.3 Å². The van der Waals surface area contributed by atoms with Gasteiger partial charge in [-0.05, 0) is 37.0 Å². The zero-order valence-electron chi connectivity index (χ0n) is 15.1. The predicted molar refractivity (Wildman–Crippen MR) is 94.4 cm³/mol. The van der Waals surface area contributed by atoms with Crippen molar-refractivity contribution >= 4 is 22.8 Å². The first-order valence-electron chi connectivity index (χ1n) is 8.63. The molecular formula is C19H24N2O4. The quantitative estimate of drug-likeness (QED) is 0.836. The molecule has 6 heteroatoms. The average molecular weight is 344 g/mol. The zero-order valence-corrected chi connectivity index (χ0v) is 15.1. The fourth-order valence-electron chi connectivity index (χ4n) is 3.69. The summed E-state index contributed by atoms with van der Waals surface area (Å²) in [5.41, 5.74) is 4.30. The molecule has 1 aromatic carbocycles. The zero-order chi connectivity index (χ0) is 18.2. The van der Waals surface area contributed by atoms with Crippen LogP contribution < -0.4 is 5.32 Å². The summed E-state index contributed by atoms with van der Waals surface area (Å²) < 4.78 is 11.6. The van der Waals surface area contributed by atoms with Gasteiger partial charge in [-0.3, -0.25) is 9.59 Å². The molecule has 0 fully saturated rings. The minimum Gasteiger partial charge on any atom is -0.427 e. The highest BCUT2D eigenvalue weighted by Gasteiger charge is 2.43. The maximum Gasteiger partial charge on any atom is 0.305 e. The van der Waals surface area contributed by atoms with E-state index in [-0.39, 0.29) is 11.9 Å². The van der Waals surface area contributed by atoms with Crippen LogP contribution in [0.3, 0.4) is 0 Å². The number of fused-ring (bicyclic) bond motifs is 3. The topological polar surface area (TPSA) is 80.4 Å². The molecule has 2 N–H and O–H groups in total. The van der Waals surface area contributed by atoms with E-state index in [1.807, 2.05) is 26.0 Å². The van der Waals surface area contributed by atoms with Gasteiger partial charge in [0.25, 0.3) is 11.7 Å². The molecule has 1 amide bonds. The van der Waals surface area contributed by atoms with Gasteiger partial charge in [0.2, 0.25) is 0 Å².